The van der Waals surface area contributed by atoms with Crippen molar-refractivity contribution in [1.29, 1.82) is 0 Å². The van der Waals surface area contributed by atoms with E-state index in [-0.39, 0.29) is 33.9 Å². The molecule has 0 spiro atoms. The summed E-state index contributed by atoms with van der Waals surface area (Å²) in [7, 11) is 0. The maximum Gasteiger partial charge on any atom is 0.333 e. The fraction of sp³-hybridized carbons (Fsp3) is 0.294. The van der Waals surface area contributed by atoms with Crippen molar-refractivity contribution in [2.45, 2.75) is 129 Å². The summed E-state index contributed by atoms with van der Waals surface area (Å²) >= 11 is 5.97. The lowest BCUT2D eigenvalue weighted by Crippen LogP contribution is -2.60. The lowest BCUT2D eigenvalue weighted by molar-refractivity contribution is 0.332. The third-order valence-corrected chi connectivity index (χ3v) is 22.7. The third kappa shape index (κ3) is 5.68. The van der Waals surface area contributed by atoms with Crippen LogP contribution < -0.4 is 15.7 Å². The topological polar surface area (TPSA) is 8.17 Å². The minimum Gasteiger partial charge on any atom is -0.376 e. The Morgan fingerprint density at radius 3 is 1.68 bits per heavy atom. The van der Waals surface area contributed by atoms with Gasteiger partial charge in [-0.25, -0.2) is 0 Å². The average molecular weight is 1010 g/mol. The molecule has 0 atom stereocenters. The van der Waals surface area contributed by atoms with Gasteiger partial charge in [-0.05, 0) is 170 Å². The van der Waals surface area contributed by atoms with Gasteiger partial charge in [-0.3, -0.25) is 0 Å². The maximum absolute atomic E-state index is 2.80. The molecule has 16 rings (SSSR count). The Balaban J connectivity index is 1.13. The standard InChI is InChI=1S/C68H61BN2S3/c1-64(2,3)36-20-22-37(23-21-36)71-51-30-42-40-28-45-48(68(10,11)27-25-65(45,4)5)34-56(40)73-55(42)32-44(51)58-59-39-17-13-15-19-54(39)74-63(59)60-43-29-46-47(67(8,9)26-24-66(46,6)7)33-50(43)70-52-31-41-38-16-12-14-18-53(38)72-57(41)35-49(52)69(71)61(58)62(60)70/h12-23,28-35H,24-27H2,1-11H3. The van der Waals surface area contributed by atoms with E-state index >= 15 is 0 Å². The van der Waals surface area contributed by atoms with Crippen LogP contribution in [0.2, 0.25) is 0 Å². The fourth-order valence-electron chi connectivity index (χ4n) is 14.8. The normalized spacial score (nSPS) is 18.1. The van der Waals surface area contributed by atoms with E-state index in [1.807, 2.05) is 34.0 Å². The van der Waals surface area contributed by atoms with Crippen molar-refractivity contribution in [3.63, 3.8) is 0 Å². The molecule has 12 aromatic rings. The zero-order chi connectivity index (χ0) is 50.5. The summed E-state index contributed by atoms with van der Waals surface area (Å²) < 4.78 is 11.0. The zero-order valence-electron chi connectivity index (χ0n) is 44.6. The average Bonchev–Trinajstić information content (AvgIpc) is 4.23. The Morgan fingerprint density at radius 2 is 1.00 bits per heavy atom. The van der Waals surface area contributed by atoms with E-state index in [2.05, 4.69) is 207 Å². The Bertz CT molecular complexity index is 4540. The van der Waals surface area contributed by atoms with Gasteiger partial charge in [0, 0.05) is 93.9 Å². The molecular formula is C68H61BN2S3. The van der Waals surface area contributed by atoms with Crippen molar-refractivity contribution >= 4 is 145 Å². The SMILES string of the molecule is CC(C)(C)c1ccc(N2B3c4cc5sc6ccccc6c5cc4-n4c5cc6c(cc5c5c7sc8ccccc8c7c(c3c54)-c3cc4sc5cc7c(cc5c4cc32)C(C)(C)CCC7(C)C)C(C)(C)CCC6(C)C)cc1. The predicted octanol–water partition coefficient (Wildman–Crippen LogP) is 19.1. The van der Waals surface area contributed by atoms with E-state index in [9.17, 15) is 0 Å². The predicted molar refractivity (Wildman–Crippen MR) is 328 cm³/mol. The fourth-order valence-corrected chi connectivity index (χ4v) is 18.3. The minimum atomic E-state index is -0.0951. The second kappa shape index (κ2) is 14.1. The molecule has 2 aliphatic heterocycles. The second-order valence-electron chi connectivity index (χ2n) is 26.5. The summed E-state index contributed by atoms with van der Waals surface area (Å²) in [6, 6.07) is 49.2. The highest BCUT2D eigenvalue weighted by atomic mass is 32.1. The Labute approximate surface area is 446 Å². The van der Waals surface area contributed by atoms with Crippen LogP contribution in [0.25, 0.3) is 99.1 Å². The molecule has 4 aliphatic rings. The van der Waals surface area contributed by atoms with Crippen LogP contribution in [-0.4, -0.2) is 11.4 Å². The summed E-state index contributed by atoms with van der Waals surface area (Å²) in [5.74, 6) is 0. The van der Waals surface area contributed by atoms with E-state index in [4.69, 9.17) is 0 Å². The van der Waals surface area contributed by atoms with Crippen molar-refractivity contribution in [1.82, 2.24) is 4.57 Å². The highest BCUT2D eigenvalue weighted by molar-refractivity contribution is 7.27. The summed E-state index contributed by atoms with van der Waals surface area (Å²) in [5, 5.41) is 11.1. The molecule has 0 saturated carbocycles. The minimum absolute atomic E-state index is 0.0272. The number of hydrogen-bond acceptors (Lipinski definition) is 4. The quantitative estimate of drug-likeness (QED) is 0.149. The smallest absolute Gasteiger partial charge is 0.333 e. The first kappa shape index (κ1) is 44.4. The van der Waals surface area contributed by atoms with Crippen molar-refractivity contribution < 1.29 is 0 Å². The van der Waals surface area contributed by atoms with Gasteiger partial charge in [0.05, 0.1) is 11.0 Å². The number of nitrogens with zero attached hydrogens (tertiary/aromatic N) is 2. The molecule has 8 aromatic carbocycles. The lowest BCUT2D eigenvalue weighted by Gasteiger charge is -2.43. The zero-order valence-corrected chi connectivity index (χ0v) is 47.0. The number of thiophene rings is 3. The number of aromatic nitrogens is 1. The van der Waals surface area contributed by atoms with Crippen LogP contribution in [0.3, 0.4) is 0 Å². The van der Waals surface area contributed by atoms with Crippen molar-refractivity contribution in [2.24, 2.45) is 0 Å². The van der Waals surface area contributed by atoms with E-state index in [1.165, 1.54) is 175 Å². The summed E-state index contributed by atoms with van der Waals surface area (Å²) in [6.07, 6.45) is 4.78. The second-order valence-corrected chi connectivity index (χ2v) is 29.8. The van der Waals surface area contributed by atoms with Gasteiger partial charge < -0.3 is 9.38 Å². The van der Waals surface area contributed by atoms with Crippen molar-refractivity contribution in [3.05, 3.63) is 149 Å². The molecule has 74 heavy (non-hydrogen) atoms. The molecule has 6 heteroatoms. The summed E-state index contributed by atoms with van der Waals surface area (Å²) in [4.78, 5) is 2.80. The van der Waals surface area contributed by atoms with Crippen molar-refractivity contribution in [2.75, 3.05) is 4.81 Å². The maximum atomic E-state index is 2.80. The van der Waals surface area contributed by atoms with Crippen LogP contribution in [0.15, 0.2) is 121 Å². The molecule has 0 bridgehead atoms. The van der Waals surface area contributed by atoms with Gasteiger partial charge >= 0.3 is 6.85 Å². The van der Waals surface area contributed by atoms with Gasteiger partial charge in [-0.15, -0.1) is 34.0 Å². The van der Waals surface area contributed by atoms with Crippen LogP contribution in [0.1, 0.15) is 130 Å². The van der Waals surface area contributed by atoms with Gasteiger partial charge in [0.2, 0.25) is 0 Å². The summed E-state index contributed by atoms with van der Waals surface area (Å²) in [5.41, 5.74) is 20.1. The monoisotopic (exact) mass is 1010 g/mol. The number of fused-ring (bicyclic) bond motifs is 21. The van der Waals surface area contributed by atoms with Gasteiger partial charge in [0.25, 0.3) is 0 Å². The van der Waals surface area contributed by atoms with Crippen LogP contribution in [0.4, 0.5) is 11.4 Å². The van der Waals surface area contributed by atoms with E-state index in [0.717, 1.165) is 0 Å². The molecule has 2 aliphatic carbocycles. The van der Waals surface area contributed by atoms with Crippen LogP contribution in [0.5, 0.6) is 0 Å². The number of rotatable bonds is 1. The molecule has 2 nitrogen and oxygen atoms in total. The van der Waals surface area contributed by atoms with Crippen LogP contribution in [0, 0.1) is 0 Å². The van der Waals surface area contributed by atoms with Crippen molar-refractivity contribution in [3.8, 4) is 16.8 Å². The highest BCUT2D eigenvalue weighted by Gasteiger charge is 2.47. The number of hydrogen-bond donors (Lipinski definition) is 0. The van der Waals surface area contributed by atoms with Gasteiger partial charge in [-0.1, -0.05) is 125 Å². The molecular weight excluding hydrogens is 952 g/mol. The molecule has 0 N–H and O–H groups in total. The van der Waals surface area contributed by atoms with Crippen LogP contribution in [-0.2, 0) is 27.1 Å². The van der Waals surface area contributed by atoms with Crippen LogP contribution >= 0.6 is 34.0 Å². The first-order valence-electron chi connectivity index (χ1n) is 27.2. The molecule has 0 fully saturated rings. The third-order valence-electron chi connectivity index (χ3n) is 19.2. The number of anilines is 2. The van der Waals surface area contributed by atoms with Gasteiger partial charge in [-0.2, -0.15) is 0 Å². The first-order valence-corrected chi connectivity index (χ1v) is 29.6. The lowest BCUT2D eigenvalue weighted by atomic mass is 9.43. The molecule has 4 aromatic heterocycles. The highest BCUT2D eigenvalue weighted by Crippen LogP contribution is 2.57. The van der Waals surface area contributed by atoms with E-state index < -0.39 is 0 Å². The van der Waals surface area contributed by atoms with Gasteiger partial charge in [0.1, 0.15) is 0 Å². The molecule has 0 radical (unpaired) electrons. The van der Waals surface area contributed by atoms with E-state index in [0.29, 0.717) is 0 Å². The Kier molecular flexibility index (Phi) is 8.46. The molecule has 364 valence electrons. The van der Waals surface area contributed by atoms with E-state index in [1.54, 1.807) is 0 Å². The Morgan fingerprint density at radius 1 is 0.473 bits per heavy atom. The molecule has 0 unspecified atom stereocenters. The van der Waals surface area contributed by atoms with Gasteiger partial charge in [0.15, 0.2) is 0 Å². The molecule has 6 heterocycles. The largest absolute Gasteiger partial charge is 0.376 e. The first-order chi connectivity index (χ1) is 35.3. The number of benzene rings is 8. The Hall–Kier alpha value is -5.92. The molecule has 0 amide bonds. The summed E-state index contributed by atoms with van der Waals surface area (Å²) in [6.45, 7) is 26.8. The molecule has 0 saturated heterocycles.